The van der Waals surface area contributed by atoms with E-state index in [0.717, 1.165) is 16.6 Å². The van der Waals surface area contributed by atoms with Crippen LogP contribution in [0.15, 0.2) is 47.5 Å². The molecule has 0 radical (unpaired) electrons. The topological polar surface area (TPSA) is 60.2 Å². The van der Waals surface area contributed by atoms with Gasteiger partial charge in [-0.1, -0.05) is 0 Å². The molecule has 23 heavy (non-hydrogen) atoms. The van der Waals surface area contributed by atoms with Gasteiger partial charge in [0.15, 0.2) is 0 Å². The maximum Gasteiger partial charge on any atom is 0.275 e. The summed E-state index contributed by atoms with van der Waals surface area (Å²) in [7, 11) is 5.41. The molecule has 1 aromatic carbocycles. The molecule has 0 N–H and O–H groups in total. The summed E-state index contributed by atoms with van der Waals surface area (Å²) in [6.45, 7) is 0.416. The fraction of sp³-hybridized carbons (Fsp3) is 0.235. The molecule has 0 spiro atoms. The standard InChI is InChI=1S/C17H18N4O2/c1-20(2)11-21-17(22)14-5-4-13(23-3)10-15(14)16(19-21)12-6-8-18-9-7-12/h4-10H,11H2,1-3H3. The fourth-order valence-electron chi connectivity index (χ4n) is 2.48. The van der Waals surface area contributed by atoms with Gasteiger partial charge < -0.3 is 4.74 Å². The van der Waals surface area contributed by atoms with Crippen molar-refractivity contribution in [1.29, 1.82) is 0 Å². The Labute approximate surface area is 134 Å². The number of rotatable bonds is 4. The van der Waals surface area contributed by atoms with Gasteiger partial charge in [-0.15, -0.1) is 0 Å². The van der Waals surface area contributed by atoms with Gasteiger partial charge in [0.25, 0.3) is 5.56 Å². The van der Waals surface area contributed by atoms with Crippen molar-refractivity contribution < 1.29 is 4.74 Å². The van der Waals surface area contributed by atoms with Crippen LogP contribution < -0.4 is 10.3 Å². The predicted octanol–water partition coefficient (Wildman–Crippen LogP) is 1.99. The summed E-state index contributed by atoms with van der Waals surface area (Å²) in [6, 6.07) is 9.19. The van der Waals surface area contributed by atoms with Crippen LogP contribution in [-0.2, 0) is 6.67 Å². The minimum absolute atomic E-state index is 0.117. The Hall–Kier alpha value is -2.73. The molecule has 0 aliphatic carbocycles. The van der Waals surface area contributed by atoms with Gasteiger partial charge in [-0.05, 0) is 44.4 Å². The lowest BCUT2D eigenvalue weighted by Crippen LogP contribution is -2.30. The summed E-state index contributed by atoms with van der Waals surface area (Å²) >= 11 is 0. The molecular weight excluding hydrogens is 292 g/mol. The summed E-state index contributed by atoms with van der Waals surface area (Å²) in [5.74, 6) is 0.694. The first-order chi connectivity index (χ1) is 11.1. The molecule has 0 saturated heterocycles. The molecule has 0 amide bonds. The molecule has 2 aromatic heterocycles. The fourth-order valence-corrected chi connectivity index (χ4v) is 2.48. The Morgan fingerprint density at radius 3 is 2.52 bits per heavy atom. The molecule has 6 heteroatoms. The van der Waals surface area contributed by atoms with E-state index < -0.39 is 0 Å². The lowest BCUT2D eigenvalue weighted by atomic mass is 10.1. The van der Waals surface area contributed by atoms with Gasteiger partial charge in [0.1, 0.15) is 5.75 Å². The monoisotopic (exact) mass is 310 g/mol. The van der Waals surface area contributed by atoms with Gasteiger partial charge in [0.2, 0.25) is 0 Å². The number of pyridine rings is 1. The van der Waals surface area contributed by atoms with Crippen LogP contribution in [0.25, 0.3) is 22.0 Å². The van der Waals surface area contributed by atoms with E-state index in [1.807, 2.05) is 37.2 Å². The SMILES string of the molecule is COc1ccc2c(=O)n(CN(C)C)nc(-c3ccncc3)c2c1. The lowest BCUT2D eigenvalue weighted by molar-refractivity contribution is 0.300. The Bertz CT molecular complexity index is 888. The predicted molar refractivity (Wildman–Crippen MR) is 89.5 cm³/mol. The second kappa shape index (κ2) is 6.18. The number of hydrogen-bond donors (Lipinski definition) is 0. The number of nitrogens with zero attached hydrogens (tertiary/aromatic N) is 4. The lowest BCUT2D eigenvalue weighted by Gasteiger charge is -2.15. The summed E-state index contributed by atoms with van der Waals surface area (Å²) in [5, 5.41) is 5.96. The van der Waals surface area contributed by atoms with Crippen molar-refractivity contribution in [2.45, 2.75) is 6.67 Å². The van der Waals surface area contributed by atoms with Crippen molar-refractivity contribution in [3.05, 3.63) is 53.1 Å². The zero-order valence-electron chi connectivity index (χ0n) is 13.4. The van der Waals surface area contributed by atoms with Gasteiger partial charge in [0.05, 0.1) is 24.9 Å². The smallest absolute Gasteiger partial charge is 0.275 e. The van der Waals surface area contributed by atoms with E-state index in [1.54, 1.807) is 31.6 Å². The highest BCUT2D eigenvalue weighted by Gasteiger charge is 2.13. The Morgan fingerprint density at radius 1 is 1.13 bits per heavy atom. The van der Waals surface area contributed by atoms with Crippen molar-refractivity contribution >= 4 is 10.8 Å². The first-order valence-electron chi connectivity index (χ1n) is 7.24. The quantitative estimate of drug-likeness (QED) is 0.737. The molecule has 0 unspecified atom stereocenters. The Balaban J connectivity index is 2.34. The highest BCUT2D eigenvalue weighted by atomic mass is 16.5. The number of aromatic nitrogens is 3. The van der Waals surface area contributed by atoms with Gasteiger partial charge in [-0.3, -0.25) is 14.7 Å². The molecule has 2 heterocycles. The normalized spacial score (nSPS) is 11.1. The van der Waals surface area contributed by atoms with Crippen LogP contribution in [-0.4, -0.2) is 40.9 Å². The van der Waals surface area contributed by atoms with Crippen molar-refractivity contribution in [3.8, 4) is 17.0 Å². The maximum absolute atomic E-state index is 12.7. The molecule has 0 aliphatic heterocycles. The van der Waals surface area contributed by atoms with Crippen molar-refractivity contribution in [1.82, 2.24) is 19.7 Å². The first kappa shape index (κ1) is 15.2. The Kier molecular flexibility index (Phi) is 4.08. The van der Waals surface area contributed by atoms with Crippen LogP contribution in [0.2, 0.25) is 0 Å². The second-order valence-corrected chi connectivity index (χ2v) is 5.52. The van der Waals surface area contributed by atoms with E-state index in [4.69, 9.17) is 4.74 Å². The average Bonchev–Trinajstić information content (AvgIpc) is 2.57. The third-order valence-corrected chi connectivity index (χ3v) is 3.54. The van der Waals surface area contributed by atoms with Gasteiger partial charge >= 0.3 is 0 Å². The molecular formula is C17H18N4O2. The van der Waals surface area contributed by atoms with E-state index in [2.05, 4.69) is 10.1 Å². The highest BCUT2D eigenvalue weighted by molar-refractivity contribution is 5.94. The highest BCUT2D eigenvalue weighted by Crippen LogP contribution is 2.27. The average molecular weight is 310 g/mol. The molecule has 118 valence electrons. The molecule has 0 saturated carbocycles. The number of benzene rings is 1. The Morgan fingerprint density at radius 2 is 1.87 bits per heavy atom. The van der Waals surface area contributed by atoms with Crippen LogP contribution in [0.3, 0.4) is 0 Å². The van der Waals surface area contributed by atoms with E-state index in [0.29, 0.717) is 17.8 Å². The van der Waals surface area contributed by atoms with Crippen LogP contribution in [0.1, 0.15) is 0 Å². The first-order valence-corrected chi connectivity index (χ1v) is 7.24. The number of methoxy groups -OCH3 is 1. The van der Waals surface area contributed by atoms with Crippen molar-refractivity contribution in [3.63, 3.8) is 0 Å². The largest absolute Gasteiger partial charge is 0.497 e. The van der Waals surface area contributed by atoms with Gasteiger partial charge in [-0.25, -0.2) is 4.68 Å². The second-order valence-electron chi connectivity index (χ2n) is 5.52. The minimum atomic E-state index is -0.117. The van der Waals surface area contributed by atoms with E-state index in [1.165, 1.54) is 4.68 Å². The van der Waals surface area contributed by atoms with Crippen molar-refractivity contribution in [2.24, 2.45) is 0 Å². The maximum atomic E-state index is 12.7. The van der Waals surface area contributed by atoms with E-state index in [-0.39, 0.29) is 5.56 Å². The third-order valence-electron chi connectivity index (χ3n) is 3.54. The molecule has 0 bridgehead atoms. The minimum Gasteiger partial charge on any atom is -0.497 e. The molecule has 0 fully saturated rings. The summed E-state index contributed by atoms with van der Waals surface area (Å²) < 4.78 is 6.77. The van der Waals surface area contributed by atoms with Crippen LogP contribution >= 0.6 is 0 Å². The number of fused-ring (bicyclic) bond motifs is 1. The van der Waals surface area contributed by atoms with Gasteiger partial charge in [0, 0.05) is 23.3 Å². The summed E-state index contributed by atoms with van der Waals surface area (Å²) in [4.78, 5) is 18.6. The summed E-state index contributed by atoms with van der Waals surface area (Å²) in [5.41, 5.74) is 1.53. The van der Waals surface area contributed by atoms with Crippen LogP contribution in [0, 0.1) is 0 Å². The zero-order chi connectivity index (χ0) is 16.4. The number of ether oxygens (including phenoxy) is 1. The molecule has 0 aliphatic rings. The number of hydrogen-bond acceptors (Lipinski definition) is 5. The molecule has 0 atom stereocenters. The van der Waals surface area contributed by atoms with E-state index in [9.17, 15) is 4.79 Å². The van der Waals surface area contributed by atoms with E-state index >= 15 is 0 Å². The van der Waals surface area contributed by atoms with Crippen LogP contribution in [0.5, 0.6) is 5.75 Å². The summed E-state index contributed by atoms with van der Waals surface area (Å²) in [6.07, 6.45) is 3.43. The zero-order valence-corrected chi connectivity index (χ0v) is 13.4. The molecule has 3 aromatic rings. The van der Waals surface area contributed by atoms with Crippen molar-refractivity contribution in [2.75, 3.05) is 21.2 Å². The third kappa shape index (κ3) is 2.93. The molecule has 6 nitrogen and oxygen atoms in total. The van der Waals surface area contributed by atoms with Crippen LogP contribution in [0.4, 0.5) is 0 Å². The van der Waals surface area contributed by atoms with Gasteiger partial charge in [-0.2, -0.15) is 5.10 Å². The molecule has 3 rings (SSSR count).